The van der Waals surface area contributed by atoms with Crippen LogP contribution in [0, 0.1) is 0 Å². The largest absolute Gasteiger partial charge is 0.309 e. The number of rotatable bonds is 8. The molecule has 0 fully saturated rings. The zero-order chi connectivity index (χ0) is 41.7. The molecule has 4 heteroatoms. The van der Waals surface area contributed by atoms with E-state index in [-0.39, 0.29) is 0 Å². The first kappa shape index (κ1) is 37.9. The highest BCUT2D eigenvalue weighted by Gasteiger charge is 2.34. The zero-order valence-electron chi connectivity index (χ0n) is 33.8. The fourth-order valence-electron chi connectivity index (χ4n) is 9.35. The molecule has 0 radical (unpaired) electrons. The van der Waals surface area contributed by atoms with Crippen LogP contribution in [0.25, 0.3) is 65.3 Å². The summed E-state index contributed by atoms with van der Waals surface area (Å²) in [5.74, 6) is 0. The maximum atomic E-state index is 16.1. The normalized spacial score (nSPS) is 12.0. The van der Waals surface area contributed by atoms with Gasteiger partial charge in [0.25, 0.3) is 0 Å². The van der Waals surface area contributed by atoms with Crippen LogP contribution >= 0.6 is 14.3 Å². The zero-order valence-corrected chi connectivity index (χ0v) is 35.6. The van der Waals surface area contributed by atoms with Crippen molar-refractivity contribution in [2.75, 3.05) is 0 Å². The Kier molecular flexibility index (Phi) is 9.43. The molecule has 0 spiro atoms. The van der Waals surface area contributed by atoms with Crippen molar-refractivity contribution in [1.29, 1.82) is 0 Å². The lowest BCUT2D eigenvalue weighted by Gasteiger charge is -2.23. The number of hydrogen-bond donors (Lipinski definition) is 0. The molecule has 0 aliphatic carbocycles. The number of fused-ring (bicyclic) bond motifs is 4. The first-order chi connectivity index (χ1) is 30.5. The summed E-state index contributed by atoms with van der Waals surface area (Å²) in [5.41, 5.74) is 4.18. The first-order valence-electron chi connectivity index (χ1n) is 21.0. The van der Waals surface area contributed by atoms with Crippen molar-refractivity contribution in [3.63, 3.8) is 0 Å². The Morgan fingerprint density at radius 2 is 0.484 bits per heavy atom. The summed E-state index contributed by atoms with van der Waals surface area (Å²) in [6.07, 6.45) is 0. The van der Waals surface area contributed by atoms with Gasteiger partial charge in [0.2, 0.25) is 0 Å². The molecule has 0 amide bonds. The van der Waals surface area contributed by atoms with Crippen molar-refractivity contribution in [2.24, 2.45) is 0 Å². The van der Waals surface area contributed by atoms with Crippen molar-refractivity contribution in [2.45, 2.75) is 0 Å². The fraction of sp³-hybridized carbons (Fsp3) is 0. The van der Waals surface area contributed by atoms with E-state index in [4.69, 9.17) is 0 Å². The Morgan fingerprint density at radius 1 is 0.226 bits per heavy atom. The molecule has 0 unspecified atom stereocenters. The van der Waals surface area contributed by atoms with Crippen molar-refractivity contribution in [3.8, 4) is 22.3 Å². The van der Waals surface area contributed by atoms with E-state index in [2.05, 4.69) is 146 Å². The average Bonchev–Trinajstić information content (AvgIpc) is 3.35. The maximum Gasteiger partial charge on any atom is 0.172 e. The molecule has 0 N–H and O–H groups in total. The van der Waals surface area contributed by atoms with E-state index in [1.807, 2.05) is 97.1 Å². The van der Waals surface area contributed by atoms with Gasteiger partial charge in [0.15, 0.2) is 14.3 Å². The maximum absolute atomic E-state index is 16.1. The second-order valence-corrected chi connectivity index (χ2v) is 21.3. The standard InChI is InChI=1S/C58H40O2P2/c59-61(55-28-10-18-43-14-1-5-24-51(43)55,56-29-11-19-44-15-2-6-25-52(44)56)49-36-32-41(33-37-49)47-22-9-23-48(40-47)42-34-38-50(39-35-42)62(60,57-30-12-20-45-16-3-7-26-53(45)57)58-31-13-21-46-17-4-8-27-54(46)58/h1-40H. The SMILES string of the molecule is O=P(c1ccc(-c2cccc(-c3ccc(P(=O)(c4cccc5ccccc45)c4cccc5ccccc45)cc3)c2)cc1)(c1cccc2ccccc12)c1cccc2ccccc12. The lowest BCUT2D eigenvalue weighted by atomic mass is 9.99. The first-order valence-corrected chi connectivity index (χ1v) is 24.4. The van der Waals surface area contributed by atoms with Crippen LogP contribution in [0.4, 0.5) is 0 Å². The Balaban J connectivity index is 0.986. The van der Waals surface area contributed by atoms with Gasteiger partial charge in [-0.3, -0.25) is 0 Å². The summed E-state index contributed by atoms with van der Waals surface area (Å²) in [4.78, 5) is 0. The molecule has 0 aliphatic rings. The average molecular weight is 831 g/mol. The van der Waals surface area contributed by atoms with E-state index in [9.17, 15) is 0 Å². The van der Waals surface area contributed by atoms with Gasteiger partial charge in [-0.25, -0.2) is 0 Å². The van der Waals surface area contributed by atoms with Crippen LogP contribution in [0.3, 0.4) is 0 Å². The summed E-state index contributed by atoms with van der Waals surface area (Å²) in [6, 6.07) is 82.7. The second kappa shape index (κ2) is 15.4. The lowest BCUT2D eigenvalue weighted by Crippen LogP contribution is -2.26. The van der Waals surface area contributed by atoms with Gasteiger partial charge >= 0.3 is 0 Å². The van der Waals surface area contributed by atoms with Crippen molar-refractivity contribution in [1.82, 2.24) is 0 Å². The van der Waals surface area contributed by atoms with Crippen molar-refractivity contribution >= 4 is 89.2 Å². The third kappa shape index (κ3) is 6.26. The van der Waals surface area contributed by atoms with Gasteiger partial charge < -0.3 is 9.13 Å². The van der Waals surface area contributed by atoms with E-state index in [1.54, 1.807) is 0 Å². The van der Waals surface area contributed by atoms with Crippen molar-refractivity contribution in [3.05, 3.63) is 243 Å². The van der Waals surface area contributed by atoms with Gasteiger partial charge in [0.05, 0.1) is 0 Å². The third-order valence-corrected chi connectivity index (χ3v) is 18.7. The Labute approximate surface area is 361 Å². The molecule has 0 saturated heterocycles. The lowest BCUT2D eigenvalue weighted by molar-refractivity contribution is 0.592. The molecule has 0 aliphatic heterocycles. The van der Waals surface area contributed by atoms with Crippen LogP contribution in [0.5, 0.6) is 0 Å². The Morgan fingerprint density at radius 3 is 0.790 bits per heavy atom. The van der Waals surface area contributed by atoms with E-state index >= 15 is 9.13 Å². The van der Waals surface area contributed by atoms with E-state index < -0.39 is 14.3 Å². The molecule has 0 saturated carbocycles. The van der Waals surface area contributed by atoms with Crippen LogP contribution in [-0.2, 0) is 9.13 Å². The molecule has 11 aromatic rings. The second-order valence-electron chi connectivity index (χ2n) is 15.9. The molecule has 294 valence electrons. The van der Waals surface area contributed by atoms with Crippen LogP contribution in [-0.4, -0.2) is 0 Å². The van der Waals surface area contributed by atoms with Crippen LogP contribution in [0.15, 0.2) is 243 Å². The quantitative estimate of drug-likeness (QED) is 0.143. The molecular formula is C58H40O2P2. The Hall–Kier alpha value is -7.08. The molecule has 62 heavy (non-hydrogen) atoms. The van der Waals surface area contributed by atoms with Gasteiger partial charge in [0, 0.05) is 31.8 Å². The minimum atomic E-state index is -3.35. The summed E-state index contributed by atoms with van der Waals surface area (Å²) in [7, 11) is -6.70. The minimum absolute atomic E-state index is 0.794. The summed E-state index contributed by atoms with van der Waals surface area (Å²) < 4.78 is 32.2. The highest BCUT2D eigenvalue weighted by atomic mass is 31.2. The van der Waals surface area contributed by atoms with E-state index in [0.717, 1.165) is 97.2 Å². The van der Waals surface area contributed by atoms with Gasteiger partial charge in [-0.15, -0.1) is 0 Å². The van der Waals surface area contributed by atoms with Crippen LogP contribution in [0.2, 0.25) is 0 Å². The molecule has 2 nitrogen and oxygen atoms in total. The number of hydrogen-bond acceptors (Lipinski definition) is 2. The van der Waals surface area contributed by atoms with Crippen LogP contribution in [0.1, 0.15) is 0 Å². The van der Waals surface area contributed by atoms with Crippen LogP contribution < -0.4 is 31.8 Å². The molecule has 11 aromatic carbocycles. The monoisotopic (exact) mass is 830 g/mol. The topological polar surface area (TPSA) is 34.1 Å². The molecule has 0 heterocycles. The van der Waals surface area contributed by atoms with E-state index in [1.165, 1.54) is 0 Å². The van der Waals surface area contributed by atoms with Gasteiger partial charge in [-0.2, -0.15) is 0 Å². The smallest absolute Gasteiger partial charge is 0.172 e. The predicted octanol–water partition coefficient (Wildman–Crippen LogP) is 12.9. The highest BCUT2D eigenvalue weighted by Crippen LogP contribution is 2.48. The molecule has 0 bridgehead atoms. The summed E-state index contributed by atoms with van der Waals surface area (Å²) in [6.45, 7) is 0. The van der Waals surface area contributed by atoms with E-state index in [0.29, 0.717) is 0 Å². The molecule has 0 atom stereocenters. The third-order valence-electron chi connectivity index (χ3n) is 12.4. The fourth-order valence-corrected chi connectivity index (χ4v) is 15.5. The molecule has 0 aromatic heterocycles. The van der Waals surface area contributed by atoms with Gasteiger partial charge in [0.1, 0.15) is 0 Å². The Bertz CT molecular complexity index is 3170. The van der Waals surface area contributed by atoms with Gasteiger partial charge in [-0.1, -0.05) is 237 Å². The highest BCUT2D eigenvalue weighted by molar-refractivity contribution is 7.86. The molecule has 11 rings (SSSR count). The molecular weight excluding hydrogens is 791 g/mol. The summed E-state index contributed by atoms with van der Waals surface area (Å²) >= 11 is 0. The number of benzene rings is 11. The summed E-state index contributed by atoms with van der Waals surface area (Å²) in [5, 5.41) is 13.2. The minimum Gasteiger partial charge on any atom is -0.309 e. The van der Waals surface area contributed by atoms with Gasteiger partial charge in [-0.05, 0) is 71.4 Å². The van der Waals surface area contributed by atoms with Crippen molar-refractivity contribution < 1.29 is 9.13 Å². The predicted molar refractivity (Wildman–Crippen MR) is 266 cm³/mol.